The molecule has 0 spiro atoms. The summed E-state index contributed by atoms with van der Waals surface area (Å²) in [6.07, 6.45) is 1.66. The Kier molecular flexibility index (Phi) is 3.39. The molecule has 2 aromatic rings. The molecular formula is C13H13ClN2O2. The van der Waals surface area contributed by atoms with Crippen LogP contribution in [0.15, 0.2) is 24.4 Å². The molecule has 0 unspecified atom stereocenters. The van der Waals surface area contributed by atoms with Crippen molar-refractivity contribution in [1.82, 2.24) is 9.78 Å². The molecule has 0 radical (unpaired) electrons. The van der Waals surface area contributed by atoms with Gasteiger partial charge in [0.05, 0.1) is 18.3 Å². The van der Waals surface area contributed by atoms with Crippen molar-refractivity contribution in [3.63, 3.8) is 0 Å². The number of ether oxygens (including phenoxy) is 1. The van der Waals surface area contributed by atoms with Crippen molar-refractivity contribution in [3.05, 3.63) is 35.1 Å². The third kappa shape index (κ3) is 2.11. The van der Waals surface area contributed by atoms with E-state index in [1.54, 1.807) is 37.2 Å². The van der Waals surface area contributed by atoms with Gasteiger partial charge in [0.25, 0.3) is 0 Å². The number of halogens is 1. The van der Waals surface area contributed by atoms with Crippen LogP contribution in [0.5, 0.6) is 5.75 Å². The quantitative estimate of drug-likeness (QED) is 0.801. The lowest BCUT2D eigenvalue weighted by atomic mass is 10.0. The topological polar surface area (TPSA) is 44.1 Å². The van der Waals surface area contributed by atoms with Crippen LogP contribution >= 0.6 is 11.6 Å². The summed E-state index contributed by atoms with van der Waals surface area (Å²) in [5.41, 5.74) is 2.19. The maximum absolute atomic E-state index is 11.6. The summed E-state index contributed by atoms with van der Waals surface area (Å²) in [7, 11) is 3.30. The monoisotopic (exact) mass is 264 g/mol. The molecule has 0 saturated heterocycles. The van der Waals surface area contributed by atoms with Crippen LogP contribution in [-0.4, -0.2) is 22.7 Å². The third-order valence-electron chi connectivity index (χ3n) is 2.74. The van der Waals surface area contributed by atoms with E-state index >= 15 is 0 Å². The Labute approximate surface area is 110 Å². The minimum absolute atomic E-state index is 0.0306. The molecule has 18 heavy (non-hydrogen) atoms. The number of carbonyl (C=O) groups is 1. The molecule has 1 heterocycles. The van der Waals surface area contributed by atoms with Gasteiger partial charge in [-0.2, -0.15) is 5.10 Å². The number of Topliss-reactive ketones (excluding diaryl/α,β-unsaturated/α-hetero) is 1. The molecule has 0 atom stereocenters. The fourth-order valence-corrected chi connectivity index (χ4v) is 2.16. The second-order valence-corrected chi connectivity index (χ2v) is 4.34. The highest BCUT2D eigenvalue weighted by atomic mass is 35.5. The molecule has 0 amide bonds. The summed E-state index contributed by atoms with van der Waals surface area (Å²) < 4.78 is 6.66. The third-order valence-corrected chi connectivity index (χ3v) is 3.03. The van der Waals surface area contributed by atoms with E-state index in [1.807, 2.05) is 6.07 Å². The summed E-state index contributed by atoms with van der Waals surface area (Å²) >= 11 is 6.08. The number of hydrogen-bond acceptors (Lipinski definition) is 3. The summed E-state index contributed by atoms with van der Waals surface area (Å²) in [6, 6.07) is 5.40. The largest absolute Gasteiger partial charge is 0.495 e. The first kappa shape index (κ1) is 12.6. The fourth-order valence-electron chi connectivity index (χ4n) is 1.90. The maximum Gasteiger partial charge on any atom is 0.178 e. The number of nitrogens with zero attached hydrogens (tertiary/aromatic N) is 2. The predicted octanol–water partition coefficient (Wildman–Crippen LogP) is 2.95. The lowest BCUT2D eigenvalue weighted by molar-refractivity contribution is 0.100. The molecule has 0 aliphatic carbocycles. The molecule has 0 aliphatic rings. The highest BCUT2D eigenvalue weighted by molar-refractivity contribution is 6.32. The Hall–Kier alpha value is -1.81. The van der Waals surface area contributed by atoms with Crippen molar-refractivity contribution in [2.45, 2.75) is 6.92 Å². The Morgan fingerprint density at radius 2 is 2.17 bits per heavy atom. The van der Waals surface area contributed by atoms with Crippen LogP contribution in [0.2, 0.25) is 5.02 Å². The zero-order valence-electron chi connectivity index (χ0n) is 10.4. The number of rotatable bonds is 3. The second kappa shape index (κ2) is 4.82. The molecule has 0 saturated carbocycles. The number of methoxy groups -OCH3 is 1. The number of ketones is 1. The smallest absolute Gasteiger partial charge is 0.178 e. The standard InChI is InChI=1S/C13H13ClN2O2/c1-8(17)13-10(7-15-16(13)2)9-4-5-12(18-3)11(14)6-9/h4-7H,1-3H3. The summed E-state index contributed by atoms with van der Waals surface area (Å²) in [6.45, 7) is 1.52. The van der Waals surface area contributed by atoms with Crippen molar-refractivity contribution in [2.24, 2.45) is 7.05 Å². The van der Waals surface area contributed by atoms with Crippen LogP contribution in [0.3, 0.4) is 0 Å². The van der Waals surface area contributed by atoms with Crippen LogP contribution in [0.1, 0.15) is 17.4 Å². The number of hydrogen-bond donors (Lipinski definition) is 0. The molecule has 0 fully saturated rings. The highest BCUT2D eigenvalue weighted by Gasteiger charge is 2.15. The SMILES string of the molecule is COc1ccc(-c2cnn(C)c2C(C)=O)cc1Cl. The summed E-state index contributed by atoms with van der Waals surface area (Å²) in [5.74, 6) is 0.575. The molecule has 1 aromatic carbocycles. The van der Waals surface area contributed by atoms with Gasteiger partial charge in [0.1, 0.15) is 11.4 Å². The Morgan fingerprint density at radius 3 is 2.72 bits per heavy atom. The molecule has 4 nitrogen and oxygen atoms in total. The average Bonchev–Trinajstić information content (AvgIpc) is 2.71. The first-order valence-electron chi connectivity index (χ1n) is 5.41. The minimum Gasteiger partial charge on any atom is -0.495 e. The van der Waals surface area contributed by atoms with Gasteiger partial charge in [-0.15, -0.1) is 0 Å². The van der Waals surface area contributed by atoms with Gasteiger partial charge >= 0.3 is 0 Å². The van der Waals surface area contributed by atoms with Gasteiger partial charge in [0.15, 0.2) is 5.78 Å². The molecule has 0 aliphatic heterocycles. The van der Waals surface area contributed by atoms with E-state index < -0.39 is 0 Å². The predicted molar refractivity (Wildman–Crippen MR) is 70.2 cm³/mol. The van der Waals surface area contributed by atoms with Crippen LogP contribution in [0.25, 0.3) is 11.1 Å². The zero-order valence-corrected chi connectivity index (χ0v) is 11.2. The van der Waals surface area contributed by atoms with E-state index in [2.05, 4.69) is 5.10 Å². The van der Waals surface area contributed by atoms with Crippen molar-refractivity contribution >= 4 is 17.4 Å². The van der Waals surface area contributed by atoms with Gasteiger partial charge in [-0.3, -0.25) is 9.48 Å². The van der Waals surface area contributed by atoms with Gasteiger partial charge in [-0.1, -0.05) is 17.7 Å². The Balaban J connectivity index is 2.56. The Morgan fingerprint density at radius 1 is 1.44 bits per heavy atom. The number of aryl methyl sites for hydroxylation is 1. The Bertz CT molecular complexity index is 605. The normalized spacial score (nSPS) is 10.4. The van der Waals surface area contributed by atoms with Crippen molar-refractivity contribution in [1.29, 1.82) is 0 Å². The van der Waals surface area contributed by atoms with Crippen LogP contribution in [0.4, 0.5) is 0 Å². The fraction of sp³-hybridized carbons (Fsp3) is 0.231. The van der Waals surface area contributed by atoms with E-state index in [0.717, 1.165) is 11.1 Å². The molecule has 5 heteroatoms. The van der Waals surface area contributed by atoms with Crippen molar-refractivity contribution in [3.8, 4) is 16.9 Å². The lowest BCUT2D eigenvalue weighted by Gasteiger charge is -2.06. The summed E-state index contributed by atoms with van der Waals surface area (Å²) in [5, 5.41) is 4.62. The van der Waals surface area contributed by atoms with Gasteiger partial charge in [0, 0.05) is 19.5 Å². The number of carbonyl (C=O) groups excluding carboxylic acids is 1. The molecule has 2 rings (SSSR count). The van der Waals surface area contributed by atoms with Gasteiger partial charge in [-0.05, 0) is 17.7 Å². The van der Waals surface area contributed by atoms with Gasteiger partial charge in [-0.25, -0.2) is 0 Å². The van der Waals surface area contributed by atoms with Crippen molar-refractivity contribution < 1.29 is 9.53 Å². The van der Waals surface area contributed by atoms with Crippen LogP contribution in [0, 0.1) is 0 Å². The summed E-state index contributed by atoms with van der Waals surface area (Å²) in [4.78, 5) is 11.6. The van der Waals surface area contributed by atoms with E-state index in [4.69, 9.17) is 16.3 Å². The van der Waals surface area contributed by atoms with Crippen molar-refractivity contribution in [2.75, 3.05) is 7.11 Å². The minimum atomic E-state index is -0.0306. The molecule has 94 valence electrons. The molecule has 0 N–H and O–H groups in total. The molecule has 0 bridgehead atoms. The van der Waals surface area contributed by atoms with E-state index in [9.17, 15) is 4.79 Å². The highest BCUT2D eigenvalue weighted by Crippen LogP contribution is 2.31. The van der Waals surface area contributed by atoms with E-state index in [0.29, 0.717) is 16.5 Å². The number of aromatic nitrogens is 2. The van der Waals surface area contributed by atoms with E-state index in [-0.39, 0.29) is 5.78 Å². The maximum atomic E-state index is 11.6. The van der Waals surface area contributed by atoms with Gasteiger partial charge < -0.3 is 4.74 Å². The average molecular weight is 265 g/mol. The van der Waals surface area contributed by atoms with Gasteiger partial charge in [0.2, 0.25) is 0 Å². The van der Waals surface area contributed by atoms with E-state index in [1.165, 1.54) is 6.92 Å². The first-order chi connectivity index (χ1) is 8.54. The van der Waals surface area contributed by atoms with Crippen LogP contribution in [-0.2, 0) is 7.05 Å². The molecular weight excluding hydrogens is 252 g/mol. The van der Waals surface area contributed by atoms with Crippen LogP contribution < -0.4 is 4.74 Å². The first-order valence-corrected chi connectivity index (χ1v) is 5.79. The molecule has 1 aromatic heterocycles. The zero-order chi connectivity index (χ0) is 13.3. The lowest BCUT2D eigenvalue weighted by Crippen LogP contribution is -2.04. The second-order valence-electron chi connectivity index (χ2n) is 3.94. The number of benzene rings is 1.